The fourth-order valence-corrected chi connectivity index (χ4v) is 5.92. The highest BCUT2D eigenvalue weighted by Crippen LogP contribution is 2.55. The van der Waals surface area contributed by atoms with Crippen LogP contribution in [0.3, 0.4) is 0 Å². The van der Waals surface area contributed by atoms with Gasteiger partial charge in [0.15, 0.2) is 6.10 Å². The lowest BCUT2D eigenvalue weighted by Crippen LogP contribution is -2.43. The Morgan fingerprint density at radius 1 is 0.931 bits per heavy atom. The van der Waals surface area contributed by atoms with Crippen LogP contribution >= 0.6 is 0 Å². The normalized spacial score (nSPS) is 21.2. The number of ketones is 1. The van der Waals surface area contributed by atoms with Crippen LogP contribution in [-0.2, 0) is 19.1 Å². The predicted octanol–water partition coefficient (Wildman–Crippen LogP) is 4.06. The van der Waals surface area contributed by atoms with Crippen molar-refractivity contribution in [2.75, 3.05) is 27.7 Å². The third-order valence-corrected chi connectivity index (χ3v) is 5.45. The maximum Gasteiger partial charge on any atom is 0.307 e. The van der Waals surface area contributed by atoms with Crippen LogP contribution in [0.25, 0.3) is 0 Å². The number of carboxylic acids is 1. The molecule has 1 aliphatic rings. The highest BCUT2D eigenvalue weighted by atomic mass is 16.5. The molecule has 0 aromatic heterocycles. The van der Waals surface area contributed by atoms with E-state index in [1.54, 1.807) is 0 Å². The zero-order valence-corrected chi connectivity index (χ0v) is 19.8. The molecule has 0 aromatic carbocycles. The van der Waals surface area contributed by atoms with Crippen molar-refractivity contribution in [3.63, 3.8) is 0 Å². The molecule has 1 N–H and O–H groups in total. The van der Waals surface area contributed by atoms with E-state index >= 15 is 0 Å². The smallest absolute Gasteiger partial charge is 0.307 e. The Bertz CT molecular complexity index is 599. The second kappa shape index (κ2) is 9.15. The zero-order chi connectivity index (χ0) is 22.7. The molecule has 6 nitrogen and oxygen atoms in total. The number of Topliss-reactive ketones (excluding diaryl/α,β-unsaturated/α-hetero) is 1. The summed E-state index contributed by atoms with van der Waals surface area (Å²) in [5, 5.41) is 9.05. The average molecular weight is 413 g/mol. The molecule has 0 radical (unpaired) electrons. The second-order valence-corrected chi connectivity index (χ2v) is 12.1. The molecule has 1 fully saturated rings. The van der Waals surface area contributed by atoms with Crippen LogP contribution in [0, 0.1) is 16.2 Å². The molecule has 1 saturated carbocycles. The Labute approximate surface area is 176 Å². The molecule has 1 rings (SSSR count). The van der Waals surface area contributed by atoms with Crippen LogP contribution in [0.2, 0.25) is 0 Å². The first kappa shape index (κ1) is 25.6. The molecule has 29 heavy (non-hydrogen) atoms. The molecule has 0 spiro atoms. The van der Waals surface area contributed by atoms with Crippen molar-refractivity contribution in [1.82, 2.24) is 0 Å². The van der Waals surface area contributed by atoms with Gasteiger partial charge < -0.3 is 14.3 Å². The molecular weight excluding hydrogens is 370 g/mol. The first-order valence-electron chi connectivity index (χ1n) is 10.6. The van der Waals surface area contributed by atoms with Gasteiger partial charge >= 0.3 is 11.9 Å². The fourth-order valence-electron chi connectivity index (χ4n) is 5.92. The van der Waals surface area contributed by atoms with Gasteiger partial charge in [0.2, 0.25) is 0 Å². The standard InChI is InChI=1S/C23H41NO5/c1-21(2)14-22(3,4)16-23(5,15-21)12-17(25)9-10-20(28)29-18(11-19(26)27)13-24(6,7)8/h18H,9-16H2,1-8H3/p+1/t18-/m1/s1. The maximum atomic E-state index is 12.6. The zero-order valence-electron chi connectivity index (χ0n) is 19.8. The summed E-state index contributed by atoms with van der Waals surface area (Å²) < 4.78 is 5.88. The Hall–Kier alpha value is -1.43. The number of nitrogens with zero attached hydrogens (tertiary/aromatic N) is 1. The van der Waals surface area contributed by atoms with Crippen LogP contribution in [0.1, 0.15) is 79.6 Å². The number of rotatable bonds is 10. The molecule has 168 valence electrons. The number of ether oxygens (including phenoxy) is 1. The van der Waals surface area contributed by atoms with E-state index < -0.39 is 18.0 Å². The lowest BCUT2D eigenvalue weighted by molar-refractivity contribution is -0.873. The summed E-state index contributed by atoms with van der Waals surface area (Å²) in [6.45, 7) is 11.7. The van der Waals surface area contributed by atoms with Gasteiger partial charge in [0.1, 0.15) is 12.3 Å². The van der Waals surface area contributed by atoms with Crippen molar-refractivity contribution >= 4 is 17.7 Å². The molecule has 0 aliphatic heterocycles. The highest BCUT2D eigenvalue weighted by molar-refractivity contribution is 5.83. The number of likely N-dealkylation sites (N-methyl/N-ethyl adjacent to an activating group) is 1. The van der Waals surface area contributed by atoms with E-state index in [4.69, 9.17) is 9.84 Å². The summed E-state index contributed by atoms with van der Waals surface area (Å²) >= 11 is 0. The van der Waals surface area contributed by atoms with Gasteiger partial charge in [-0.1, -0.05) is 34.6 Å². The number of carbonyl (C=O) groups excluding carboxylic acids is 2. The number of hydrogen-bond acceptors (Lipinski definition) is 4. The minimum atomic E-state index is -0.997. The molecule has 1 atom stereocenters. The highest BCUT2D eigenvalue weighted by Gasteiger charge is 2.45. The quantitative estimate of drug-likeness (QED) is 0.432. The largest absolute Gasteiger partial charge is 0.481 e. The van der Waals surface area contributed by atoms with Crippen LogP contribution in [-0.4, -0.2) is 61.1 Å². The summed E-state index contributed by atoms with van der Waals surface area (Å²) in [4.78, 5) is 35.9. The van der Waals surface area contributed by atoms with Crippen molar-refractivity contribution in [3.05, 3.63) is 0 Å². The van der Waals surface area contributed by atoms with Crippen molar-refractivity contribution < 1.29 is 28.7 Å². The van der Waals surface area contributed by atoms with Crippen LogP contribution in [0.5, 0.6) is 0 Å². The third kappa shape index (κ3) is 10.2. The topological polar surface area (TPSA) is 80.7 Å². The Morgan fingerprint density at radius 2 is 1.45 bits per heavy atom. The molecule has 1 aliphatic carbocycles. The summed E-state index contributed by atoms with van der Waals surface area (Å²) in [6.07, 6.45) is 2.88. The van der Waals surface area contributed by atoms with Gasteiger partial charge in [0, 0.05) is 12.8 Å². The van der Waals surface area contributed by atoms with Crippen LogP contribution in [0.15, 0.2) is 0 Å². The van der Waals surface area contributed by atoms with Gasteiger partial charge in [-0.25, -0.2) is 0 Å². The predicted molar refractivity (Wildman–Crippen MR) is 113 cm³/mol. The van der Waals surface area contributed by atoms with E-state index in [0.717, 1.165) is 19.3 Å². The van der Waals surface area contributed by atoms with Crippen molar-refractivity contribution in [3.8, 4) is 0 Å². The van der Waals surface area contributed by atoms with Gasteiger partial charge in [-0.05, 0) is 35.5 Å². The van der Waals surface area contributed by atoms with E-state index in [9.17, 15) is 14.4 Å². The van der Waals surface area contributed by atoms with Crippen LogP contribution < -0.4 is 0 Å². The Kier molecular flexibility index (Phi) is 8.08. The number of carboxylic acid groups (broad SMARTS) is 1. The molecule has 0 saturated heterocycles. The molecule has 0 unspecified atom stereocenters. The van der Waals surface area contributed by atoms with Gasteiger partial charge in [-0.3, -0.25) is 14.4 Å². The molecular formula is C23H42NO5+. The monoisotopic (exact) mass is 412 g/mol. The first-order valence-corrected chi connectivity index (χ1v) is 10.6. The number of esters is 1. The van der Waals surface area contributed by atoms with Gasteiger partial charge in [0.05, 0.1) is 34.0 Å². The van der Waals surface area contributed by atoms with Crippen molar-refractivity contribution in [1.29, 1.82) is 0 Å². The fraction of sp³-hybridized carbons (Fsp3) is 0.870. The van der Waals surface area contributed by atoms with Gasteiger partial charge in [-0.2, -0.15) is 0 Å². The van der Waals surface area contributed by atoms with Crippen molar-refractivity contribution in [2.24, 2.45) is 16.2 Å². The molecule has 0 bridgehead atoms. The van der Waals surface area contributed by atoms with E-state index in [2.05, 4.69) is 34.6 Å². The Morgan fingerprint density at radius 3 is 1.90 bits per heavy atom. The third-order valence-electron chi connectivity index (χ3n) is 5.45. The first-order chi connectivity index (χ1) is 12.9. The average Bonchev–Trinajstić information content (AvgIpc) is 2.37. The second-order valence-electron chi connectivity index (χ2n) is 12.1. The minimum Gasteiger partial charge on any atom is -0.481 e. The maximum absolute atomic E-state index is 12.6. The van der Waals surface area contributed by atoms with Crippen LogP contribution in [0.4, 0.5) is 0 Å². The minimum absolute atomic E-state index is 0.00889. The molecule has 0 heterocycles. The van der Waals surface area contributed by atoms with E-state index in [-0.39, 0.29) is 41.3 Å². The summed E-state index contributed by atoms with van der Waals surface area (Å²) in [5.74, 6) is -1.41. The lowest BCUT2D eigenvalue weighted by Gasteiger charge is -2.50. The number of hydrogen-bond donors (Lipinski definition) is 1. The summed E-state index contributed by atoms with van der Waals surface area (Å²) in [7, 11) is 5.75. The molecule has 0 amide bonds. The SMILES string of the molecule is CC1(C)CC(C)(C)CC(C)(CC(=O)CCC(=O)O[C@H](CC(=O)O)C[N+](C)(C)C)C1. The van der Waals surface area contributed by atoms with Crippen molar-refractivity contribution in [2.45, 2.75) is 85.7 Å². The Balaban J connectivity index is 2.60. The van der Waals surface area contributed by atoms with Gasteiger partial charge in [0.25, 0.3) is 0 Å². The van der Waals surface area contributed by atoms with E-state index in [0.29, 0.717) is 17.4 Å². The number of aliphatic carboxylic acids is 1. The van der Waals surface area contributed by atoms with Gasteiger partial charge in [-0.15, -0.1) is 0 Å². The summed E-state index contributed by atoms with van der Waals surface area (Å²) in [6, 6.07) is 0. The lowest BCUT2D eigenvalue weighted by atomic mass is 9.54. The number of quaternary nitrogens is 1. The van der Waals surface area contributed by atoms with E-state index in [1.165, 1.54) is 0 Å². The van der Waals surface area contributed by atoms with E-state index in [1.807, 2.05) is 21.1 Å². The number of carbonyl (C=O) groups is 3. The molecule has 0 aromatic rings. The molecule has 6 heteroatoms. The summed E-state index contributed by atoms with van der Waals surface area (Å²) in [5.41, 5.74) is 0.345.